The maximum atomic E-state index is 12.0. The van der Waals surface area contributed by atoms with Crippen molar-refractivity contribution >= 4 is 35.0 Å². The molecule has 1 aromatic carbocycles. The predicted molar refractivity (Wildman–Crippen MR) is 90.1 cm³/mol. The van der Waals surface area contributed by atoms with Crippen LogP contribution in [0.2, 0.25) is 10.0 Å². The molecule has 0 bridgehead atoms. The van der Waals surface area contributed by atoms with Crippen LogP contribution in [0.3, 0.4) is 0 Å². The number of nitrogens with zero attached hydrogens (tertiary/aromatic N) is 1. The number of rotatable bonds is 8. The van der Waals surface area contributed by atoms with Crippen LogP contribution in [0.15, 0.2) is 18.2 Å². The van der Waals surface area contributed by atoms with Crippen molar-refractivity contribution < 1.29 is 9.59 Å². The highest BCUT2D eigenvalue weighted by molar-refractivity contribution is 6.42. The van der Waals surface area contributed by atoms with Gasteiger partial charge in [0.1, 0.15) is 0 Å². The molecule has 122 valence electrons. The Hall–Kier alpha value is -1.26. The lowest BCUT2D eigenvalue weighted by Crippen LogP contribution is -2.26. The summed E-state index contributed by atoms with van der Waals surface area (Å²) in [6.45, 7) is 2.69. The van der Waals surface area contributed by atoms with Gasteiger partial charge in [0.15, 0.2) is 0 Å². The molecule has 0 saturated carbocycles. The maximum Gasteiger partial charge on any atom is 0.222 e. The van der Waals surface area contributed by atoms with E-state index in [1.54, 1.807) is 24.1 Å². The van der Waals surface area contributed by atoms with E-state index in [1.165, 1.54) is 6.92 Å². The minimum Gasteiger partial charge on any atom is -0.356 e. The van der Waals surface area contributed by atoms with E-state index in [2.05, 4.69) is 5.32 Å². The molecule has 0 saturated heterocycles. The summed E-state index contributed by atoms with van der Waals surface area (Å²) in [6, 6.07) is 5.38. The minimum atomic E-state index is -0.0163. The lowest BCUT2D eigenvalue weighted by atomic mass is 10.1. The first kappa shape index (κ1) is 18.8. The first-order valence-electron chi connectivity index (χ1n) is 7.32. The van der Waals surface area contributed by atoms with Gasteiger partial charge in [-0.25, -0.2) is 0 Å². The van der Waals surface area contributed by atoms with Gasteiger partial charge >= 0.3 is 0 Å². The van der Waals surface area contributed by atoms with Crippen LogP contribution in [-0.2, 0) is 16.1 Å². The molecule has 0 heterocycles. The Kier molecular flexibility index (Phi) is 8.28. The van der Waals surface area contributed by atoms with Crippen molar-refractivity contribution in [1.82, 2.24) is 10.2 Å². The lowest BCUT2D eigenvalue weighted by molar-refractivity contribution is -0.130. The molecule has 0 spiro atoms. The van der Waals surface area contributed by atoms with Crippen molar-refractivity contribution in [2.45, 2.75) is 39.2 Å². The fraction of sp³-hybridized carbons (Fsp3) is 0.500. The number of nitrogens with one attached hydrogen (secondary N) is 1. The average molecular weight is 345 g/mol. The van der Waals surface area contributed by atoms with E-state index in [-0.39, 0.29) is 11.8 Å². The van der Waals surface area contributed by atoms with Crippen LogP contribution in [0.1, 0.15) is 38.2 Å². The maximum absolute atomic E-state index is 12.0. The zero-order valence-corrected chi connectivity index (χ0v) is 14.5. The SMILES string of the molecule is CC(=O)NCCCCCC(=O)N(C)Cc1ccc(Cl)c(Cl)c1. The Morgan fingerprint density at radius 2 is 1.86 bits per heavy atom. The molecule has 0 fully saturated rings. The molecule has 0 aliphatic heterocycles. The predicted octanol–water partition coefficient (Wildman–Crippen LogP) is 3.65. The standard InChI is InChI=1S/C16H22Cl2N2O2/c1-12(21)19-9-5-3-4-6-16(22)20(2)11-13-7-8-14(17)15(18)10-13/h7-8,10H,3-6,9,11H2,1-2H3,(H,19,21). The zero-order chi connectivity index (χ0) is 16.5. The molecule has 0 aromatic heterocycles. The number of amides is 2. The summed E-state index contributed by atoms with van der Waals surface area (Å²) in [7, 11) is 1.78. The number of benzene rings is 1. The van der Waals surface area contributed by atoms with Crippen LogP contribution in [0.25, 0.3) is 0 Å². The topological polar surface area (TPSA) is 49.4 Å². The zero-order valence-electron chi connectivity index (χ0n) is 13.0. The monoisotopic (exact) mass is 344 g/mol. The van der Waals surface area contributed by atoms with E-state index < -0.39 is 0 Å². The molecule has 0 radical (unpaired) electrons. The Morgan fingerprint density at radius 1 is 1.14 bits per heavy atom. The third-order valence-electron chi connectivity index (χ3n) is 3.27. The van der Waals surface area contributed by atoms with Crippen LogP contribution in [0.4, 0.5) is 0 Å². The van der Waals surface area contributed by atoms with E-state index in [0.29, 0.717) is 29.6 Å². The van der Waals surface area contributed by atoms with Crippen molar-refractivity contribution in [2.75, 3.05) is 13.6 Å². The van der Waals surface area contributed by atoms with Crippen molar-refractivity contribution in [3.8, 4) is 0 Å². The second-order valence-electron chi connectivity index (χ2n) is 5.29. The smallest absolute Gasteiger partial charge is 0.222 e. The van der Waals surface area contributed by atoms with Crippen LogP contribution >= 0.6 is 23.2 Å². The Morgan fingerprint density at radius 3 is 2.50 bits per heavy atom. The summed E-state index contributed by atoms with van der Waals surface area (Å²) in [5.41, 5.74) is 0.955. The van der Waals surface area contributed by atoms with Crippen molar-refractivity contribution in [3.05, 3.63) is 33.8 Å². The van der Waals surface area contributed by atoms with Crippen LogP contribution in [-0.4, -0.2) is 30.3 Å². The number of halogens is 2. The molecule has 6 heteroatoms. The summed E-state index contributed by atoms with van der Waals surface area (Å²) in [5, 5.41) is 3.75. The minimum absolute atomic E-state index is 0.0163. The fourth-order valence-corrected chi connectivity index (χ4v) is 2.35. The van der Waals surface area contributed by atoms with Crippen molar-refractivity contribution in [2.24, 2.45) is 0 Å². The molecule has 0 aliphatic rings. The van der Waals surface area contributed by atoms with E-state index in [4.69, 9.17) is 23.2 Å². The molecule has 1 aromatic rings. The molecule has 0 aliphatic carbocycles. The molecule has 1 rings (SSSR count). The van der Waals surface area contributed by atoms with Crippen LogP contribution < -0.4 is 5.32 Å². The molecule has 0 atom stereocenters. The van der Waals surface area contributed by atoms with Crippen LogP contribution in [0, 0.1) is 0 Å². The van der Waals surface area contributed by atoms with Gasteiger partial charge in [0.25, 0.3) is 0 Å². The Labute approximate surface area is 141 Å². The molecule has 2 amide bonds. The van der Waals surface area contributed by atoms with E-state index in [1.807, 2.05) is 6.07 Å². The highest BCUT2D eigenvalue weighted by Crippen LogP contribution is 2.23. The molecule has 0 unspecified atom stereocenters. The first-order chi connectivity index (χ1) is 10.4. The van der Waals surface area contributed by atoms with Crippen molar-refractivity contribution in [3.63, 3.8) is 0 Å². The molecule has 22 heavy (non-hydrogen) atoms. The Bertz CT molecular complexity index is 521. The van der Waals surface area contributed by atoms with Crippen molar-refractivity contribution in [1.29, 1.82) is 0 Å². The van der Waals surface area contributed by atoms with Gasteiger partial charge in [0.2, 0.25) is 11.8 Å². The van der Waals surface area contributed by atoms with Gasteiger partial charge in [-0.05, 0) is 30.5 Å². The largest absolute Gasteiger partial charge is 0.356 e. The number of carbonyl (C=O) groups excluding carboxylic acids is 2. The molecular weight excluding hydrogens is 323 g/mol. The van der Waals surface area contributed by atoms with Gasteiger partial charge in [0, 0.05) is 33.5 Å². The first-order valence-corrected chi connectivity index (χ1v) is 8.08. The molecule has 4 nitrogen and oxygen atoms in total. The highest BCUT2D eigenvalue weighted by atomic mass is 35.5. The highest BCUT2D eigenvalue weighted by Gasteiger charge is 2.10. The van der Waals surface area contributed by atoms with E-state index in [9.17, 15) is 9.59 Å². The van der Waals surface area contributed by atoms with Gasteiger partial charge < -0.3 is 10.2 Å². The number of unbranched alkanes of at least 4 members (excludes halogenated alkanes) is 2. The molecule has 1 N–H and O–H groups in total. The van der Waals surface area contributed by atoms with E-state index in [0.717, 1.165) is 24.8 Å². The van der Waals surface area contributed by atoms with Gasteiger partial charge in [-0.1, -0.05) is 35.7 Å². The Balaban J connectivity index is 2.27. The third-order valence-corrected chi connectivity index (χ3v) is 4.01. The fourth-order valence-electron chi connectivity index (χ4n) is 2.03. The summed E-state index contributed by atoms with van der Waals surface area (Å²) in [5.74, 6) is 0.0861. The average Bonchev–Trinajstić information content (AvgIpc) is 2.46. The van der Waals surface area contributed by atoms with E-state index >= 15 is 0 Å². The summed E-state index contributed by atoms with van der Waals surface area (Å²) in [4.78, 5) is 24.4. The lowest BCUT2D eigenvalue weighted by Gasteiger charge is -2.17. The quantitative estimate of drug-likeness (QED) is 0.731. The number of hydrogen-bond acceptors (Lipinski definition) is 2. The van der Waals surface area contributed by atoms with Crippen LogP contribution in [0.5, 0.6) is 0 Å². The van der Waals surface area contributed by atoms with Gasteiger partial charge in [-0.3, -0.25) is 9.59 Å². The number of hydrogen-bond donors (Lipinski definition) is 1. The summed E-state index contributed by atoms with van der Waals surface area (Å²) < 4.78 is 0. The summed E-state index contributed by atoms with van der Waals surface area (Å²) in [6.07, 6.45) is 3.15. The van der Waals surface area contributed by atoms with Gasteiger partial charge in [-0.2, -0.15) is 0 Å². The summed E-state index contributed by atoms with van der Waals surface area (Å²) >= 11 is 11.8. The third kappa shape index (κ3) is 7.14. The second kappa shape index (κ2) is 9.70. The second-order valence-corrected chi connectivity index (χ2v) is 6.11. The van der Waals surface area contributed by atoms with Gasteiger partial charge in [0.05, 0.1) is 10.0 Å². The molecular formula is C16H22Cl2N2O2. The number of carbonyl (C=O) groups is 2. The normalized spacial score (nSPS) is 10.4. The van der Waals surface area contributed by atoms with Gasteiger partial charge in [-0.15, -0.1) is 0 Å².